The van der Waals surface area contributed by atoms with Crippen LogP contribution in [-0.2, 0) is 0 Å². The molecule has 0 heteroatoms. The quantitative estimate of drug-likeness (QED) is 0.533. The molecule has 1 atom stereocenters. The Balaban J connectivity index is 4.42. The fraction of sp³-hybridized carbons (Fsp3) is 0.733. The van der Waals surface area contributed by atoms with Crippen molar-refractivity contribution in [3.63, 3.8) is 0 Å². The average Bonchev–Trinajstić information content (AvgIpc) is 2.15. The lowest BCUT2D eigenvalue weighted by molar-refractivity contribution is 0.157. The van der Waals surface area contributed by atoms with Crippen LogP contribution in [0.15, 0.2) is 24.3 Å². The van der Waals surface area contributed by atoms with Gasteiger partial charge in [-0.05, 0) is 37.0 Å². The first-order chi connectivity index (χ1) is 6.77. The Labute approximate surface area is 96.5 Å². The lowest BCUT2D eigenvalue weighted by Gasteiger charge is -2.39. The highest BCUT2D eigenvalue weighted by molar-refractivity contribution is 5.03. The maximum atomic E-state index is 4.00. The highest BCUT2D eigenvalue weighted by Gasteiger charge is 2.33. The van der Waals surface area contributed by atoms with E-state index in [1.807, 2.05) is 0 Å². The summed E-state index contributed by atoms with van der Waals surface area (Å²) in [6.45, 7) is 17.6. The second-order valence-corrected chi connectivity index (χ2v) is 5.81. The van der Waals surface area contributed by atoms with Crippen LogP contribution in [0.4, 0.5) is 0 Å². The molecule has 0 aromatic carbocycles. The Morgan fingerprint density at radius 3 is 2.07 bits per heavy atom. The molecule has 0 aromatic heterocycles. The molecule has 15 heavy (non-hydrogen) atoms. The molecule has 0 saturated heterocycles. The summed E-state index contributed by atoms with van der Waals surface area (Å²) in [6.07, 6.45) is 8.02. The van der Waals surface area contributed by atoms with E-state index in [0.29, 0.717) is 5.41 Å². The second-order valence-electron chi connectivity index (χ2n) is 5.81. The molecule has 0 amide bonds. The Kier molecular flexibility index (Phi) is 5.34. The van der Waals surface area contributed by atoms with Crippen LogP contribution >= 0.6 is 0 Å². The van der Waals surface area contributed by atoms with Gasteiger partial charge in [0.05, 0.1) is 0 Å². The van der Waals surface area contributed by atoms with Gasteiger partial charge < -0.3 is 0 Å². The Morgan fingerprint density at radius 1 is 1.20 bits per heavy atom. The normalized spacial score (nSPS) is 17.3. The van der Waals surface area contributed by atoms with E-state index in [-0.39, 0.29) is 5.41 Å². The Bertz CT molecular complexity index is 227. The molecule has 0 fully saturated rings. The lowest BCUT2D eigenvalue weighted by atomic mass is 9.65. The van der Waals surface area contributed by atoms with Crippen molar-refractivity contribution in [1.29, 1.82) is 0 Å². The maximum Gasteiger partial charge on any atom is -0.00977 e. The van der Waals surface area contributed by atoms with Gasteiger partial charge in [0.15, 0.2) is 0 Å². The lowest BCUT2D eigenvalue weighted by Crippen LogP contribution is -2.30. The van der Waals surface area contributed by atoms with Gasteiger partial charge in [0.2, 0.25) is 0 Å². The van der Waals surface area contributed by atoms with E-state index in [1.165, 1.54) is 24.8 Å². The van der Waals surface area contributed by atoms with Crippen molar-refractivity contribution >= 4 is 0 Å². The summed E-state index contributed by atoms with van der Waals surface area (Å²) < 4.78 is 0. The monoisotopic (exact) mass is 208 g/mol. The van der Waals surface area contributed by atoms with Crippen LogP contribution < -0.4 is 0 Å². The zero-order valence-electron chi connectivity index (χ0n) is 11.5. The summed E-state index contributed by atoms with van der Waals surface area (Å²) in [4.78, 5) is 0. The van der Waals surface area contributed by atoms with Gasteiger partial charge in [0.25, 0.3) is 0 Å². The zero-order chi connectivity index (χ0) is 12.1. The van der Waals surface area contributed by atoms with Crippen molar-refractivity contribution in [3.8, 4) is 0 Å². The molecule has 0 saturated carbocycles. The topological polar surface area (TPSA) is 0 Å². The summed E-state index contributed by atoms with van der Waals surface area (Å²) in [5, 5.41) is 0. The standard InChI is InChI=1S/C15H28/c1-8-13(3)11-10-12-15(7,9-2)14(4,5)6/h9,11H,2,8,10,12H2,1,3-7H3/b13-11+. The molecule has 0 bridgehead atoms. The van der Waals surface area contributed by atoms with Crippen molar-refractivity contribution in [3.05, 3.63) is 24.3 Å². The van der Waals surface area contributed by atoms with Gasteiger partial charge in [-0.25, -0.2) is 0 Å². The molecule has 0 aromatic rings. The van der Waals surface area contributed by atoms with E-state index in [4.69, 9.17) is 0 Å². The first-order valence-electron chi connectivity index (χ1n) is 6.06. The summed E-state index contributed by atoms with van der Waals surface area (Å²) in [7, 11) is 0. The molecule has 0 heterocycles. The smallest absolute Gasteiger partial charge is 0.00977 e. The largest absolute Gasteiger partial charge is 0.103 e. The molecule has 0 aliphatic heterocycles. The van der Waals surface area contributed by atoms with E-state index in [1.54, 1.807) is 0 Å². The SMILES string of the molecule is C=CC(C)(CC/C=C(\C)CC)C(C)(C)C. The van der Waals surface area contributed by atoms with Crippen LogP contribution in [0.3, 0.4) is 0 Å². The molecule has 88 valence electrons. The third kappa shape index (κ3) is 4.24. The predicted octanol–water partition coefficient (Wildman–Crippen LogP) is 5.36. The van der Waals surface area contributed by atoms with E-state index >= 15 is 0 Å². The van der Waals surface area contributed by atoms with E-state index in [9.17, 15) is 0 Å². The number of hydrogen-bond acceptors (Lipinski definition) is 0. The third-order valence-corrected chi connectivity index (χ3v) is 3.88. The summed E-state index contributed by atoms with van der Waals surface area (Å²) in [5.74, 6) is 0. The summed E-state index contributed by atoms with van der Waals surface area (Å²) in [5.41, 5.74) is 2.02. The van der Waals surface area contributed by atoms with Crippen LogP contribution in [0.25, 0.3) is 0 Å². The maximum absolute atomic E-state index is 4.00. The van der Waals surface area contributed by atoms with Crippen LogP contribution in [0.5, 0.6) is 0 Å². The van der Waals surface area contributed by atoms with Gasteiger partial charge >= 0.3 is 0 Å². The number of rotatable bonds is 5. The van der Waals surface area contributed by atoms with Gasteiger partial charge in [-0.1, -0.05) is 52.3 Å². The highest BCUT2D eigenvalue weighted by atomic mass is 14.4. The van der Waals surface area contributed by atoms with Gasteiger partial charge in [-0.15, -0.1) is 6.58 Å². The number of hydrogen-bond donors (Lipinski definition) is 0. The first-order valence-corrected chi connectivity index (χ1v) is 6.06. The predicted molar refractivity (Wildman–Crippen MR) is 71.0 cm³/mol. The molecular formula is C15H28. The fourth-order valence-electron chi connectivity index (χ4n) is 1.55. The van der Waals surface area contributed by atoms with Crippen molar-refractivity contribution in [2.24, 2.45) is 10.8 Å². The van der Waals surface area contributed by atoms with Crippen LogP contribution in [0, 0.1) is 10.8 Å². The second kappa shape index (κ2) is 5.53. The van der Waals surface area contributed by atoms with E-state index in [0.717, 1.165) is 0 Å². The van der Waals surface area contributed by atoms with Crippen molar-refractivity contribution in [2.75, 3.05) is 0 Å². The number of allylic oxidation sites excluding steroid dienone is 3. The highest BCUT2D eigenvalue weighted by Crippen LogP contribution is 2.43. The van der Waals surface area contributed by atoms with Gasteiger partial charge in [-0.3, -0.25) is 0 Å². The molecule has 0 spiro atoms. The molecule has 0 nitrogen and oxygen atoms in total. The molecule has 0 N–H and O–H groups in total. The summed E-state index contributed by atoms with van der Waals surface area (Å²) in [6, 6.07) is 0. The third-order valence-electron chi connectivity index (χ3n) is 3.88. The minimum atomic E-state index is 0.234. The Hall–Kier alpha value is -0.520. The fourth-order valence-corrected chi connectivity index (χ4v) is 1.55. The van der Waals surface area contributed by atoms with Crippen molar-refractivity contribution in [2.45, 2.75) is 60.8 Å². The molecule has 0 aliphatic rings. The molecule has 0 aliphatic carbocycles. The van der Waals surface area contributed by atoms with Crippen molar-refractivity contribution < 1.29 is 0 Å². The van der Waals surface area contributed by atoms with Gasteiger partial charge in [0, 0.05) is 0 Å². The minimum absolute atomic E-state index is 0.234. The van der Waals surface area contributed by atoms with E-state index < -0.39 is 0 Å². The molecular weight excluding hydrogens is 180 g/mol. The van der Waals surface area contributed by atoms with Gasteiger partial charge in [0.1, 0.15) is 0 Å². The first kappa shape index (κ1) is 14.5. The molecule has 1 unspecified atom stereocenters. The molecule has 0 rings (SSSR count). The average molecular weight is 208 g/mol. The van der Waals surface area contributed by atoms with Crippen LogP contribution in [0.2, 0.25) is 0 Å². The zero-order valence-corrected chi connectivity index (χ0v) is 11.5. The molecule has 0 radical (unpaired) electrons. The van der Waals surface area contributed by atoms with Gasteiger partial charge in [-0.2, -0.15) is 0 Å². The minimum Gasteiger partial charge on any atom is -0.103 e. The summed E-state index contributed by atoms with van der Waals surface area (Å²) >= 11 is 0. The van der Waals surface area contributed by atoms with Crippen LogP contribution in [-0.4, -0.2) is 0 Å². The van der Waals surface area contributed by atoms with Crippen molar-refractivity contribution in [1.82, 2.24) is 0 Å². The Morgan fingerprint density at radius 2 is 1.73 bits per heavy atom. The van der Waals surface area contributed by atoms with E-state index in [2.05, 4.69) is 60.3 Å². The van der Waals surface area contributed by atoms with Crippen LogP contribution in [0.1, 0.15) is 60.8 Å².